The summed E-state index contributed by atoms with van der Waals surface area (Å²) in [4.78, 5) is 14.7. The summed E-state index contributed by atoms with van der Waals surface area (Å²) in [6, 6.07) is 14.1. The van der Waals surface area contributed by atoms with E-state index in [2.05, 4.69) is 68.3 Å². The number of ether oxygens (including phenoxy) is 1. The topological polar surface area (TPSA) is 42.2 Å². The maximum absolute atomic E-state index is 13.5. The number of nitrogens with zero attached hydrogens (tertiary/aromatic N) is 1. The summed E-state index contributed by atoms with van der Waals surface area (Å²) in [7, 11) is 0. The predicted molar refractivity (Wildman–Crippen MR) is 174 cm³/mol. The highest BCUT2D eigenvalue weighted by atomic mass is 79.9. The molecule has 1 amide bonds. The van der Waals surface area contributed by atoms with Crippen LogP contribution < -0.4 is 31.6 Å². The normalized spacial score (nSPS) is 11.3. The first-order valence-electron chi connectivity index (χ1n) is 15.9. The Labute approximate surface area is 270 Å². The zero-order valence-electron chi connectivity index (χ0n) is 26.6. The quantitative estimate of drug-likeness (QED) is 0.118. The minimum Gasteiger partial charge on any atom is -1.00 e. The predicted octanol–water partition coefficient (Wildman–Crippen LogP) is 7.03. The molecule has 0 radical (unpaired) electrons. The summed E-state index contributed by atoms with van der Waals surface area (Å²) in [5, 5.41) is 3.16. The Hall–Kier alpha value is -2.18. The number of anilines is 1. The van der Waals surface area contributed by atoms with Gasteiger partial charge in [-0.1, -0.05) is 134 Å². The molecular weight excluding hydrogens is 604 g/mol. The second-order valence-electron chi connectivity index (χ2n) is 12.4. The van der Waals surface area contributed by atoms with Gasteiger partial charge in [0.2, 0.25) is 5.51 Å². The number of hydrogen-bond donors (Lipinski definition) is 1. The lowest BCUT2D eigenvalue weighted by molar-refractivity contribution is -0.683. The fourth-order valence-corrected chi connectivity index (χ4v) is 5.76. The molecule has 3 aromatic rings. The van der Waals surface area contributed by atoms with Gasteiger partial charge in [-0.2, -0.15) is 4.57 Å². The van der Waals surface area contributed by atoms with Crippen molar-refractivity contribution in [1.82, 2.24) is 0 Å². The molecule has 0 unspecified atom stereocenters. The number of thiazole rings is 1. The Morgan fingerprint density at radius 1 is 0.881 bits per heavy atom. The van der Waals surface area contributed by atoms with Crippen LogP contribution in [0.1, 0.15) is 131 Å². The lowest BCUT2D eigenvalue weighted by atomic mass is 9.87. The van der Waals surface area contributed by atoms with E-state index in [4.69, 9.17) is 4.74 Å². The monoisotopic (exact) mass is 656 g/mol. The smallest absolute Gasteiger partial charge is 0.256 e. The van der Waals surface area contributed by atoms with E-state index in [0.29, 0.717) is 18.7 Å². The van der Waals surface area contributed by atoms with Gasteiger partial charge in [-0.05, 0) is 42.5 Å². The molecule has 0 atom stereocenters. The molecule has 0 saturated carbocycles. The molecule has 1 N–H and O–H groups in total. The summed E-state index contributed by atoms with van der Waals surface area (Å²) in [5.74, 6) is 0.654. The molecule has 1 aromatic heterocycles. The lowest BCUT2D eigenvalue weighted by Gasteiger charge is -2.22. The van der Waals surface area contributed by atoms with Gasteiger partial charge in [-0.15, -0.1) is 0 Å². The molecule has 1 heterocycles. The van der Waals surface area contributed by atoms with E-state index in [0.717, 1.165) is 23.4 Å². The molecule has 4 nitrogen and oxygen atoms in total. The number of amides is 1. The van der Waals surface area contributed by atoms with Crippen LogP contribution in [0.3, 0.4) is 0 Å². The Bertz CT molecular complexity index is 1200. The molecule has 0 saturated heterocycles. The number of rotatable bonds is 18. The minimum atomic E-state index is -0.105. The molecule has 6 heteroatoms. The van der Waals surface area contributed by atoms with Gasteiger partial charge in [0.25, 0.3) is 5.91 Å². The number of hydrogen-bond acceptors (Lipinski definition) is 3. The SMILES string of the molecule is CCCCCCCCCCCCCCOc1cc(C(C)(C)C)ccc1NC(=O)c1ccccc1C[n+]1csc(C)c1.[Br-]. The first kappa shape index (κ1) is 36.0. The summed E-state index contributed by atoms with van der Waals surface area (Å²) in [6.45, 7) is 12.3. The van der Waals surface area contributed by atoms with Crippen LogP contribution in [0.25, 0.3) is 0 Å². The molecule has 0 bridgehead atoms. The molecule has 232 valence electrons. The molecule has 42 heavy (non-hydrogen) atoms. The first-order valence-corrected chi connectivity index (χ1v) is 16.8. The number of carbonyl (C=O) groups is 1. The highest BCUT2D eigenvalue weighted by Gasteiger charge is 2.20. The van der Waals surface area contributed by atoms with Gasteiger partial charge in [0.15, 0.2) is 12.7 Å². The molecule has 3 rings (SSSR count). The summed E-state index contributed by atoms with van der Waals surface area (Å²) in [6.07, 6.45) is 18.0. The van der Waals surface area contributed by atoms with Crippen molar-refractivity contribution in [3.63, 3.8) is 0 Å². The Balaban J connectivity index is 0.00000616. The van der Waals surface area contributed by atoms with Crippen LogP contribution in [0.4, 0.5) is 5.69 Å². The molecule has 0 aliphatic heterocycles. The van der Waals surface area contributed by atoms with Gasteiger partial charge in [0.1, 0.15) is 5.75 Å². The highest BCUT2D eigenvalue weighted by molar-refractivity contribution is 7.09. The fourth-order valence-electron chi connectivity index (χ4n) is 5.13. The number of benzene rings is 2. The van der Waals surface area contributed by atoms with Gasteiger partial charge in [0, 0.05) is 11.1 Å². The fraction of sp³-hybridized carbons (Fsp3) is 0.556. The van der Waals surface area contributed by atoms with Crippen molar-refractivity contribution in [2.75, 3.05) is 11.9 Å². The standard InChI is InChI=1S/C36H52N2O2S.BrH/c1-6-7-8-9-10-11-12-13-14-15-16-19-24-40-34-25-31(36(3,4)5)22-23-33(34)37-35(39)32-21-18-17-20-30(32)27-38-26-29(2)41-28-38;/h17-18,20-23,25-26,28H,6-16,19,24,27H2,1-5H3;1H. The van der Waals surface area contributed by atoms with Crippen LogP contribution in [0.2, 0.25) is 0 Å². The van der Waals surface area contributed by atoms with Crippen LogP contribution in [-0.4, -0.2) is 12.5 Å². The van der Waals surface area contributed by atoms with E-state index < -0.39 is 0 Å². The zero-order valence-corrected chi connectivity index (χ0v) is 29.0. The Kier molecular flexibility index (Phi) is 16.4. The molecular formula is C36H53BrN2O2S. The average Bonchev–Trinajstić information content (AvgIpc) is 3.35. The Morgan fingerprint density at radius 2 is 1.50 bits per heavy atom. The van der Waals surface area contributed by atoms with Crippen LogP contribution in [-0.2, 0) is 12.0 Å². The third-order valence-corrected chi connectivity index (χ3v) is 8.54. The largest absolute Gasteiger partial charge is 1.00 e. The first-order chi connectivity index (χ1) is 19.8. The van der Waals surface area contributed by atoms with Gasteiger partial charge >= 0.3 is 0 Å². The van der Waals surface area contributed by atoms with E-state index in [9.17, 15) is 4.79 Å². The lowest BCUT2D eigenvalue weighted by Crippen LogP contribution is -3.00. The Morgan fingerprint density at radius 3 is 2.10 bits per heavy atom. The third kappa shape index (κ3) is 12.6. The van der Waals surface area contributed by atoms with E-state index in [-0.39, 0.29) is 28.3 Å². The van der Waals surface area contributed by atoms with Crippen molar-refractivity contribution in [1.29, 1.82) is 0 Å². The van der Waals surface area contributed by atoms with Gasteiger partial charge in [0.05, 0.1) is 17.2 Å². The van der Waals surface area contributed by atoms with Crippen LogP contribution in [0.5, 0.6) is 5.75 Å². The number of nitrogens with one attached hydrogen (secondary N) is 1. The summed E-state index contributed by atoms with van der Waals surface area (Å²) < 4.78 is 8.45. The van der Waals surface area contributed by atoms with Crippen LogP contribution in [0, 0.1) is 6.92 Å². The van der Waals surface area contributed by atoms with E-state index >= 15 is 0 Å². The molecule has 0 fully saturated rings. The zero-order chi connectivity index (χ0) is 29.5. The van der Waals surface area contributed by atoms with Crippen molar-refractivity contribution in [2.24, 2.45) is 0 Å². The number of carbonyl (C=O) groups excluding carboxylic acids is 1. The summed E-state index contributed by atoms with van der Waals surface area (Å²) >= 11 is 1.71. The van der Waals surface area contributed by atoms with E-state index in [1.807, 2.05) is 30.3 Å². The summed E-state index contributed by atoms with van der Waals surface area (Å²) in [5.41, 5.74) is 5.71. The van der Waals surface area contributed by atoms with E-state index in [1.54, 1.807) is 11.3 Å². The van der Waals surface area contributed by atoms with Gasteiger partial charge < -0.3 is 27.0 Å². The van der Waals surface area contributed by atoms with Crippen LogP contribution >= 0.6 is 11.3 Å². The van der Waals surface area contributed by atoms with E-state index in [1.165, 1.54) is 81.1 Å². The van der Waals surface area contributed by atoms with Crippen LogP contribution in [0.15, 0.2) is 54.2 Å². The van der Waals surface area contributed by atoms with Gasteiger partial charge in [-0.25, -0.2) is 0 Å². The van der Waals surface area contributed by atoms with Crippen molar-refractivity contribution in [3.05, 3.63) is 75.7 Å². The minimum absolute atomic E-state index is 0. The van der Waals surface area contributed by atoms with Crippen molar-refractivity contribution in [3.8, 4) is 5.75 Å². The number of aryl methyl sites for hydroxylation is 1. The number of unbranched alkanes of at least 4 members (excludes halogenated alkanes) is 11. The highest BCUT2D eigenvalue weighted by Crippen LogP contribution is 2.32. The molecule has 0 aliphatic rings. The maximum atomic E-state index is 13.5. The third-order valence-electron chi connectivity index (χ3n) is 7.69. The maximum Gasteiger partial charge on any atom is 0.256 e. The number of aromatic nitrogens is 1. The second-order valence-corrected chi connectivity index (χ2v) is 13.5. The van der Waals surface area contributed by atoms with Gasteiger partial charge in [-0.3, -0.25) is 4.79 Å². The van der Waals surface area contributed by atoms with Crippen molar-refractivity contribution < 1.29 is 31.1 Å². The second kappa shape index (κ2) is 19.2. The van der Waals surface area contributed by atoms with Crippen molar-refractivity contribution >= 4 is 22.9 Å². The molecule has 0 spiro atoms. The van der Waals surface area contributed by atoms with Crippen molar-refractivity contribution in [2.45, 2.75) is 124 Å². The average molecular weight is 658 g/mol. The number of halogens is 1. The molecule has 2 aromatic carbocycles. The molecule has 0 aliphatic carbocycles.